The fourth-order valence-electron chi connectivity index (χ4n) is 2.26. The van der Waals surface area contributed by atoms with Crippen molar-refractivity contribution in [2.24, 2.45) is 0 Å². The average Bonchev–Trinajstić information content (AvgIpc) is 2.55. The van der Waals surface area contributed by atoms with E-state index in [2.05, 4.69) is 35.4 Å². The molecular formula is C15H20N2O. The topological polar surface area (TPSA) is 44.9 Å². The Bertz CT molecular complexity index is 581. The van der Waals surface area contributed by atoms with Crippen LogP contribution >= 0.6 is 0 Å². The molecule has 0 aliphatic carbocycles. The number of hydrogen-bond donors (Lipinski definition) is 2. The van der Waals surface area contributed by atoms with E-state index >= 15 is 0 Å². The van der Waals surface area contributed by atoms with Gasteiger partial charge in [0.15, 0.2) is 0 Å². The van der Waals surface area contributed by atoms with Crippen LogP contribution in [0.25, 0.3) is 10.9 Å². The van der Waals surface area contributed by atoms with Crippen molar-refractivity contribution in [3.05, 3.63) is 35.0 Å². The van der Waals surface area contributed by atoms with Gasteiger partial charge in [0, 0.05) is 22.6 Å². The number of carbonyl (C=O) groups excluding carboxylic acids is 1. The van der Waals surface area contributed by atoms with E-state index in [9.17, 15) is 4.79 Å². The third-order valence-electron chi connectivity index (χ3n) is 3.06. The summed E-state index contributed by atoms with van der Waals surface area (Å²) in [5.41, 5.74) is 4.50. The molecule has 2 N–H and O–H groups in total. The molecule has 2 aromatic rings. The van der Waals surface area contributed by atoms with E-state index in [1.54, 1.807) is 0 Å². The maximum Gasteiger partial charge on any atom is 0.224 e. The molecule has 0 aliphatic heterocycles. The van der Waals surface area contributed by atoms with Crippen LogP contribution in [0.4, 0.5) is 0 Å². The van der Waals surface area contributed by atoms with Crippen molar-refractivity contribution in [3.63, 3.8) is 0 Å². The smallest absolute Gasteiger partial charge is 0.224 e. The van der Waals surface area contributed by atoms with E-state index in [0.29, 0.717) is 6.42 Å². The van der Waals surface area contributed by atoms with Crippen molar-refractivity contribution in [2.75, 3.05) is 0 Å². The summed E-state index contributed by atoms with van der Waals surface area (Å²) in [7, 11) is 0. The summed E-state index contributed by atoms with van der Waals surface area (Å²) in [6, 6.07) is 6.47. The van der Waals surface area contributed by atoms with E-state index < -0.39 is 0 Å². The van der Waals surface area contributed by atoms with Gasteiger partial charge in [-0.2, -0.15) is 0 Å². The van der Waals surface area contributed by atoms with Gasteiger partial charge in [-0.05, 0) is 45.4 Å². The molecule has 96 valence electrons. The quantitative estimate of drug-likeness (QED) is 0.856. The van der Waals surface area contributed by atoms with Gasteiger partial charge in [-0.15, -0.1) is 0 Å². The molecule has 1 aromatic heterocycles. The molecule has 0 atom stereocenters. The predicted molar refractivity (Wildman–Crippen MR) is 74.8 cm³/mol. The van der Waals surface area contributed by atoms with Gasteiger partial charge in [-0.3, -0.25) is 4.79 Å². The highest BCUT2D eigenvalue weighted by Crippen LogP contribution is 2.23. The SMILES string of the molecule is Cc1ccc2[nH]c(C)c(CC(=O)NC(C)C)c2c1. The highest BCUT2D eigenvalue weighted by Gasteiger charge is 2.12. The van der Waals surface area contributed by atoms with Gasteiger partial charge in [0.2, 0.25) is 5.91 Å². The Morgan fingerprint density at radius 1 is 1.33 bits per heavy atom. The first kappa shape index (κ1) is 12.7. The lowest BCUT2D eigenvalue weighted by Gasteiger charge is -2.08. The minimum absolute atomic E-state index is 0.0792. The van der Waals surface area contributed by atoms with Gasteiger partial charge in [0.25, 0.3) is 0 Å². The number of carbonyl (C=O) groups is 1. The van der Waals surface area contributed by atoms with E-state index in [1.165, 1.54) is 5.56 Å². The summed E-state index contributed by atoms with van der Waals surface area (Å²) in [4.78, 5) is 15.2. The standard InChI is InChI=1S/C15H20N2O/c1-9(2)16-15(18)8-12-11(4)17-14-6-5-10(3)7-13(12)14/h5-7,9,17H,8H2,1-4H3,(H,16,18). The number of aromatic nitrogens is 1. The molecule has 3 nitrogen and oxygen atoms in total. The maximum atomic E-state index is 11.9. The monoisotopic (exact) mass is 244 g/mol. The molecule has 3 heteroatoms. The molecular weight excluding hydrogens is 224 g/mol. The Kier molecular flexibility index (Phi) is 3.41. The summed E-state index contributed by atoms with van der Waals surface area (Å²) in [6.45, 7) is 8.04. The van der Waals surface area contributed by atoms with Gasteiger partial charge in [0.1, 0.15) is 0 Å². The van der Waals surface area contributed by atoms with Gasteiger partial charge < -0.3 is 10.3 Å². The second-order valence-electron chi connectivity index (χ2n) is 5.18. The van der Waals surface area contributed by atoms with Crippen LogP contribution in [0.1, 0.15) is 30.7 Å². The van der Waals surface area contributed by atoms with Gasteiger partial charge >= 0.3 is 0 Å². The molecule has 0 unspecified atom stereocenters. The number of rotatable bonds is 3. The number of amides is 1. The van der Waals surface area contributed by atoms with Crippen molar-refractivity contribution >= 4 is 16.8 Å². The summed E-state index contributed by atoms with van der Waals surface area (Å²) in [6.07, 6.45) is 0.438. The summed E-state index contributed by atoms with van der Waals surface area (Å²) in [5.74, 6) is 0.0792. The zero-order valence-electron chi connectivity index (χ0n) is 11.4. The highest BCUT2D eigenvalue weighted by molar-refractivity contribution is 5.90. The predicted octanol–water partition coefficient (Wildman–Crippen LogP) is 2.85. The zero-order valence-corrected chi connectivity index (χ0v) is 11.4. The molecule has 0 saturated heterocycles. The number of hydrogen-bond acceptors (Lipinski definition) is 1. The molecule has 1 heterocycles. The van der Waals surface area contributed by atoms with Crippen molar-refractivity contribution in [1.29, 1.82) is 0 Å². The Balaban J connectivity index is 2.35. The molecule has 18 heavy (non-hydrogen) atoms. The largest absolute Gasteiger partial charge is 0.358 e. The number of benzene rings is 1. The molecule has 0 bridgehead atoms. The van der Waals surface area contributed by atoms with Crippen LogP contribution in [-0.4, -0.2) is 16.9 Å². The fraction of sp³-hybridized carbons (Fsp3) is 0.400. The molecule has 0 fully saturated rings. The summed E-state index contributed by atoms with van der Waals surface area (Å²) >= 11 is 0. The first-order valence-corrected chi connectivity index (χ1v) is 6.34. The first-order valence-electron chi connectivity index (χ1n) is 6.34. The maximum absolute atomic E-state index is 11.9. The second kappa shape index (κ2) is 4.84. The molecule has 0 saturated carbocycles. The van der Waals surface area contributed by atoms with Crippen LogP contribution in [0.2, 0.25) is 0 Å². The van der Waals surface area contributed by atoms with Crippen molar-refractivity contribution < 1.29 is 4.79 Å². The van der Waals surface area contributed by atoms with Crippen molar-refractivity contribution in [3.8, 4) is 0 Å². The number of H-pyrrole nitrogens is 1. The lowest BCUT2D eigenvalue weighted by Crippen LogP contribution is -2.31. The molecule has 1 aromatic carbocycles. The summed E-state index contributed by atoms with van der Waals surface area (Å²) < 4.78 is 0. The second-order valence-corrected chi connectivity index (χ2v) is 5.18. The average molecular weight is 244 g/mol. The minimum atomic E-state index is 0.0792. The Morgan fingerprint density at radius 3 is 2.72 bits per heavy atom. The van der Waals surface area contributed by atoms with Crippen molar-refractivity contribution in [2.45, 2.75) is 40.2 Å². The van der Waals surface area contributed by atoms with Crippen LogP contribution in [0.15, 0.2) is 18.2 Å². The van der Waals surface area contributed by atoms with E-state index in [1.807, 2.05) is 20.8 Å². The number of aromatic amines is 1. The Morgan fingerprint density at radius 2 is 2.06 bits per heavy atom. The molecule has 2 rings (SSSR count). The highest BCUT2D eigenvalue weighted by atomic mass is 16.1. The van der Waals surface area contributed by atoms with E-state index in [4.69, 9.17) is 0 Å². The van der Waals surface area contributed by atoms with Crippen LogP contribution in [0, 0.1) is 13.8 Å². The first-order chi connectivity index (χ1) is 8.47. The lowest BCUT2D eigenvalue weighted by molar-refractivity contribution is -0.120. The minimum Gasteiger partial charge on any atom is -0.358 e. The zero-order chi connectivity index (χ0) is 13.3. The van der Waals surface area contributed by atoms with Crippen LogP contribution in [0.5, 0.6) is 0 Å². The molecule has 0 radical (unpaired) electrons. The normalized spacial score (nSPS) is 11.2. The summed E-state index contributed by atoms with van der Waals surface area (Å²) in [5, 5.41) is 4.09. The van der Waals surface area contributed by atoms with E-state index in [-0.39, 0.29) is 11.9 Å². The third kappa shape index (κ3) is 2.55. The Labute approximate surface area is 108 Å². The third-order valence-corrected chi connectivity index (χ3v) is 3.06. The molecule has 1 amide bonds. The van der Waals surface area contributed by atoms with Crippen LogP contribution < -0.4 is 5.32 Å². The van der Waals surface area contributed by atoms with Gasteiger partial charge in [-0.25, -0.2) is 0 Å². The van der Waals surface area contributed by atoms with Crippen LogP contribution in [-0.2, 0) is 11.2 Å². The van der Waals surface area contributed by atoms with Crippen molar-refractivity contribution in [1.82, 2.24) is 10.3 Å². The number of nitrogens with one attached hydrogen (secondary N) is 2. The lowest BCUT2D eigenvalue weighted by atomic mass is 10.1. The fourth-order valence-corrected chi connectivity index (χ4v) is 2.26. The number of aryl methyl sites for hydroxylation is 2. The molecule has 0 spiro atoms. The van der Waals surface area contributed by atoms with Gasteiger partial charge in [0.05, 0.1) is 6.42 Å². The number of fused-ring (bicyclic) bond motifs is 1. The Hall–Kier alpha value is -1.77. The van der Waals surface area contributed by atoms with Gasteiger partial charge in [-0.1, -0.05) is 11.6 Å². The van der Waals surface area contributed by atoms with E-state index in [0.717, 1.165) is 22.2 Å². The van der Waals surface area contributed by atoms with Crippen LogP contribution in [0.3, 0.4) is 0 Å². The molecule has 0 aliphatic rings.